The number of nitrogens with one attached hydrogen (secondary N) is 1. The molecule has 2 unspecified atom stereocenters. The van der Waals surface area contributed by atoms with E-state index in [0.29, 0.717) is 25.9 Å². The van der Waals surface area contributed by atoms with Gasteiger partial charge < -0.3 is 20.3 Å². The molecule has 0 aromatic heterocycles. The molecule has 0 aromatic rings. The first kappa shape index (κ1) is 67.1. The second-order valence-electron chi connectivity index (χ2n) is 21.0. The van der Waals surface area contributed by atoms with Gasteiger partial charge in [-0.15, -0.1) is 0 Å². The fourth-order valence-electron chi connectivity index (χ4n) is 9.43. The van der Waals surface area contributed by atoms with E-state index in [-0.39, 0.29) is 18.5 Å². The molecular formula is C63H119NO5. The van der Waals surface area contributed by atoms with Gasteiger partial charge in [-0.1, -0.05) is 269 Å². The van der Waals surface area contributed by atoms with E-state index in [2.05, 4.69) is 55.6 Å². The van der Waals surface area contributed by atoms with Crippen LogP contribution in [0.1, 0.15) is 328 Å². The number of rotatable bonds is 57. The maximum atomic E-state index is 12.5. The molecule has 69 heavy (non-hydrogen) atoms. The Balaban J connectivity index is 3.46. The van der Waals surface area contributed by atoms with Crippen molar-refractivity contribution < 1.29 is 24.5 Å². The Labute approximate surface area is 430 Å². The van der Waals surface area contributed by atoms with E-state index in [1.165, 1.54) is 225 Å². The van der Waals surface area contributed by atoms with Crippen molar-refractivity contribution in [2.75, 3.05) is 13.2 Å². The molecule has 0 saturated heterocycles. The summed E-state index contributed by atoms with van der Waals surface area (Å²) in [6.45, 7) is 4.93. The Morgan fingerprint density at radius 3 is 1.13 bits per heavy atom. The third-order valence-electron chi connectivity index (χ3n) is 14.2. The molecule has 0 spiro atoms. The van der Waals surface area contributed by atoms with Gasteiger partial charge in [0.25, 0.3) is 0 Å². The van der Waals surface area contributed by atoms with Gasteiger partial charge in [-0.2, -0.15) is 0 Å². The van der Waals surface area contributed by atoms with E-state index >= 15 is 0 Å². The van der Waals surface area contributed by atoms with Crippen molar-refractivity contribution in [3.05, 3.63) is 36.5 Å². The molecule has 0 fully saturated rings. The molecular weight excluding hydrogens is 851 g/mol. The van der Waals surface area contributed by atoms with Gasteiger partial charge in [0.05, 0.1) is 25.4 Å². The number of amides is 1. The van der Waals surface area contributed by atoms with E-state index in [0.717, 1.165) is 70.6 Å². The van der Waals surface area contributed by atoms with Gasteiger partial charge in [0, 0.05) is 12.8 Å². The predicted octanol–water partition coefficient (Wildman–Crippen LogP) is 19.2. The van der Waals surface area contributed by atoms with Crippen LogP contribution in [-0.2, 0) is 14.3 Å². The second kappa shape index (κ2) is 58.6. The SMILES string of the molecule is CCCCCC/C=C\C/C=C\CCCCCCCCCC(=O)OCCCCCCCCC/C=C\CCCCCCCC(=O)NC(CO)C(O)CCCCCCCCCCCCCCCCCCCC. The highest BCUT2D eigenvalue weighted by atomic mass is 16.5. The zero-order chi connectivity index (χ0) is 50.0. The summed E-state index contributed by atoms with van der Waals surface area (Å²) >= 11 is 0. The van der Waals surface area contributed by atoms with Gasteiger partial charge >= 0.3 is 5.97 Å². The smallest absolute Gasteiger partial charge is 0.305 e. The standard InChI is InChI=1S/C63H119NO5/c1-3-5-7-9-11-13-15-17-19-21-23-27-31-35-39-43-47-51-55-61(66)60(59-65)64-62(67)56-52-48-44-40-36-32-28-25-26-30-34-38-42-46-50-54-58-69-63(68)57-53-49-45-41-37-33-29-24-22-20-18-16-14-12-10-8-6-4-2/h14,16,20,22,25,28,60-61,65-66H,3-13,15,17-19,21,23-24,26-27,29-59H2,1-2H3,(H,64,67)/b16-14-,22-20-,28-25-. The molecule has 0 rings (SSSR count). The number of allylic oxidation sites excluding steroid dienone is 6. The minimum absolute atomic E-state index is 0.00982. The third kappa shape index (κ3) is 55.2. The number of esters is 1. The van der Waals surface area contributed by atoms with Gasteiger partial charge in [0.2, 0.25) is 5.91 Å². The molecule has 6 nitrogen and oxygen atoms in total. The lowest BCUT2D eigenvalue weighted by Crippen LogP contribution is -2.45. The van der Waals surface area contributed by atoms with E-state index < -0.39 is 12.1 Å². The molecule has 0 aliphatic heterocycles. The summed E-state index contributed by atoms with van der Waals surface area (Å²) in [5.41, 5.74) is 0. The Bertz CT molecular complexity index is 1120. The number of carbonyl (C=O) groups excluding carboxylic acids is 2. The summed E-state index contributed by atoms with van der Waals surface area (Å²) < 4.78 is 5.48. The van der Waals surface area contributed by atoms with Crippen LogP contribution in [0.4, 0.5) is 0 Å². The number of ether oxygens (including phenoxy) is 1. The Hall–Kier alpha value is -1.92. The lowest BCUT2D eigenvalue weighted by Gasteiger charge is -2.22. The van der Waals surface area contributed by atoms with Crippen LogP contribution in [0.25, 0.3) is 0 Å². The highest BCUT2D eigenvalue weighted by Gasteiger charge is 2.20. The summed E-state index contributed by atoms with van der Waals surface area (Å²) in [5.74, 6) is -0.0602. The Morgan fingerprint density at radius 2 is 0.725 bits per heavy atom. The summed E-state index contributed by atoms with van der Waals surface area (Å²) in [5, 5.41) is 23.3. The summed E-state index contributed by atoms with van der Waals surface area (Å²) in [7, 11) is 0. The first-order valence-corrected chi connectivity index (χ1v) is 30.7. The van der Waals surface area contributed by atoms with Crippen molar-refractivity contribution in [3.8, 4) is 0 Å². The van der Waals surface area contributed by atoms with Crippen LogP contribution in [0.5, 0.6) is 0 Å². The molecule has 3 N–H and O–H groups in total. The normalized spacial score (nSPS) is 12.8. The Kier molecular flexibility index (Phi) is 57.0. The molecule has 6 heteroatoms. The number of aliphatic hydroxyl groups excluding tert-OH is 2. The summed E-state index contributed by atoms with van der Waals surface area (Å²) in [6, 6.07) is -0.555. The molecule has 406 valence electrons. The highest BCUT2D eigenvalue weighted by molar-refractivity contribution is 5.76. The molecule has 0 heterocycles. The number of unbranched alkanes of at least 4 members (excludes halogenated alkanes) is 40. The zero-order valence-electron chi connectivity index (χ0n) is 46.3. The van der Waals surface area contributed by atoms with Crippen molar-refractivity contribution in [3.63, 3.8) is 0 Å². The van der Waals surface area contributed by atoms with E-state index in [1.54, 1.807) is 0 Å². The number of hydrogen-bond acceptors (Lipinski definition) is 5. The largest absolute Gasteiger partial charge is 0.466 e. The predicted molar refractivity (Wildman–Crippen MR) is 301 cm³/mol. The lowest BCUT2D eigenvalue weighted by molar-refractivity contribution is -0.143. The topological polar surface area (TPSA) is 95.9 Å². The number of carbonyl (C=O) groups is 2. The van der Waals surface area contributed by atoms with Crippen molar-refractivity contribution in [1.82, 2.24) is 5.32 Å². The van der Waals surface area contributed by atoms with Crippen molar-refractivity contribution >= 4 is 11.9 Å². The fourth-order valence-corrected chi connectivity index (χ4v) is 9.43. The maximum Gasteiger partial charge on any atom is 0.305 e. The molecule has 0 aliphatic rings. The minimum atomic E-state index is -0.676. The van der Waals surface area contributed by atoms with Gasteiger partial charge in [-0.25, -0.2) is 0 Å². The van der Waals surface area contributed by atoms with Crippen LogP contribution < -0.4 is 5.32 Å². The molecule has 0 aromatic carbocycles. The quantitative estimate of drug-likeness (QED) is 0.0321. The van der Waals surface area contributed by atoms with Crippen LogP contribution in [0.2, 0.25) is 0 Å². The van der Waals surface area contributed by atoms with Crippen LogP contribution in [-0.4, -0.2) is 47.4 Å². The van der Waals surface area contributed by atoms with E-state index in [9.17, 15) is 19.8 Å². The van der Waals surface area contributed by atoms with Crippen LogP contribution >= 0.6 is 0 Å². The van der Waals surface area contributed by atoms with Crippen LogP contribution in [0.3, 0.4) is 0 Å². The van der Waals surface area contributed by atoms with Crippen molar-refractivity contribution in [1.29, 1.82) is 0 Å². The van der Waals surface area contributed by atoms with E-state index in [1.807, 2.05) is 0 Å². The van der Waals surface area contributed by atoms with Gasteiger partial charge in [-0.3, -0.25) is 9.59 Å². The lowest BCUT2D eigenvalue weighted by atomic mass is 10.0. The first-order chi connectivity index (χ1) is 34.0. The molecule has 2 atom stereocenters. The van der Waals surface area contributed by atoms with Crippen LogP contribution in [0, 0.1) is 0 Å². The Morgan fingerprint density at radius 1 is 0.406 bits per heavy atom. The van der Waals surface area contributed by atoms with Gasteiger partial charge in [0.1, 0.15) is 0 Å². The molecule has 0 bridgehead atoms. The number of aliphatic hydroxyl groups is 2. The third-order valence-corrected chi connectivity index (χ3v) is 14.2. The average molecular weight is 971 g/mol. The average Bonchev–Trinajstić information content (AvgIpc) is 3.35. The fraction of sp³-hybridized carbons (Fsp3) is 0.873. The summed E-state index contributed by atoms with van der Waals surface area (Å²) in [6.07, 6.45) is 72.8. The molecule has 0 radical (unpaired) electrons. The monoisotopic (exact) mass is 970 g/mol. The molecule has 0 aliphatic carbocycles. The highest BCUT2D eigenvalue weighted by Crippen LogP contribution is 2.17. The maximum absolute atomic E-state index is 12.5. The molecule has 1 amide bonds. The first-order valence-electron chi connectivity index (χ1n) is 30.7. The van der Waals surface area contributed by atoms with Crippen LogP contribution in [0.15, 0.2) is 36.5 Å². The van der Waals surface area contributed by atoms with Gasteiger partial charge in [-0.05, 0) is 83.5 Å². The minimum Gasteiger partial charge on any atom is -0.466 e. The van der Waals surface area contributed by atoms with Crippen molar-refractivity contribution in [2.24, 2.45) is 0 Å². The van der Waals surface area contributed by atoms with E-state index in [4.69, 9.17) is 4.74 Å². The van der Waals surface area contributed by atoms with Gasteiger partial charge in [0.15, 0.2) is 0 Å². The summed E-state index contributed by atoms with van der Waals surface area (Å²) in [4.78, 5) is 24.6. The zero-order valence-corrected chi connectivity index (χ0v) is 46.3. The molecule has 0 saturated carbocycles. The second-order valence-corrected chi connectivity index (χ2v) is 21.0. The number of hydrogen-bond donors (Lipinski definition) is 3. The van der Waals surface area contributed by atoms with Crippen molar-refractivity contribution in [2.45, 2.75) is 341 Å².